The van der Waals surface area contributed by atoms with Crippen LogP contribution in [0.4, 0.5) is 29.3 Å². The van der Waals surface area contributed by atoms with Gasteiger partial charge >= 0.3 is 18.2 Å². The Morgan fingerprint density at radius 1 is 1.06 bits per heavy atom. The number of carbonyl (C=O) groups excluding carboxylic acids is 2. The number of carbonyl (C=O) groups is 3. The molecule has 7 rings (SSSR count). The third kappa shape index (κ3) is 8.48. The van der Waals surface area contributed by atoms with Gasteiger partial charge in [-0.25, -0.2) is 23.0 Å². The summed E-state index contributed by atoms with van der Waals surface area (Å²) in [6, 6.07) is 14.6. The van der Waals surface area contributed by atoms with Crippen LogP contribution in [0.15, 0.2) is 70.6 Å². The first-order valence-electron chi connectivity index (χ1n) is 15.7. The van der Waals surface area contributed by atoms with Gasteiger partial charge in [-0.3, -0.25) is 14.9 Å². The second kappa shape index (κ2) is 14.4. The smallest absolute Gasteiger partial charge is 0.475 e. The van der Waals surface area contributed by atoms with Gasteiger partial charge in [-0.15, -0.1) is 0 Å². The lowest BCUT2D eigenvalue weighted by molar-refractivity contribution is -0.192. The molecule has 2 amide bonds. The quantitative estimate of drug-likeness (QED) is 0.215. The molecule has 2 aliphatic heterocycles. The van der Waals surface area contributed by atoms with Crippen molar-refractivity contribution in [1.82, 2.24) is 14.9 Å². The molecule has 0 radical (unpaired) electrons. The number of aromatic nitrogens is 2. The van der Waals surface area contributed by atoms with Crippen LogP contribution in [0, 0.1) is 6.92 Å². The number of ether oxygens (including phenoxy) is 1. The number of sulfone groups is 1. The molecule has 0 spiro atoms. The minimum absolute atomic E-state index is 0.0295. The highest BCUT2D eigenvalue weighted by Crippen LogP contribution is 2.36. The Labute approximate surface area is 289 Å². The van der Waals surface area contributed by atoms with Gasteiger partial charge in [-0.05, 0) is 78.4 Å². The van der Waals surface area contributed by atoms with Crippen LogP contribution >= 0.6 is 0 Å². The number of H-pyrrole nitrogens is 1. The molecule has 1 aliphatic carbocycles. The maximum atomic E-state index is 14.2. The molecule has 51 heavy (non-hydrogen) atoms. The van der Waals surface area contributed by atoms with Crippen LogP contribution in [0.5, 0.6) is 0 Å². The molecule has 4 N–H and O–H groups in total. The van der Waals surface area contributed by atoms with Gasteiger partial charge in [0, 0.05) is 30.9 Å². The molecular weight excluding hydrogens is 695 g/mol. The van der Waals surface area contributed by atoms with Crippen molar-refractivity contribution in [3.63, 3.8) is 0 Å². The monoisotopic (exact) mass is 729 g/mol. The van der Waals surface area contributed by atoms with Crippen LogP contribution in [-0.4, -0.2) is 71.4 Å². The van der Waals surface area contributed by atoms with Crippen LogP contribution in [0.3, 0.4) is 0 Å². The number of carboxylic acids is 1. The van der Waals surface area contributed by atoms with E-state index in [-0.39, 0.29) is 35.4 Å². The summed E-state index contributed by atoms with van der Waals surface area (Å²) >= 11 is 0. The predicted molar refractivity (Wildman–Crippen MR) is 180 cm³/mol. The predicted octanol–water partition coefficient (Wildman–Crippen LogP) is 5.28. The SMILES string of the molecule is Cc1cc2ccc1[C@@H](C)COC(=O)Nc1ccc(S(=O)(=O)C3CC3)c(c1)CN(C)C(=O)[C@@H]2Nc1ccc2nc[nH]c(=O)c2c1.O=C(O)C(F)(F)F. The number of aliphatic carboxylic acids is 1. The summed E-state index contributed by atoms with van der Waals surface area (Å²) < 4.78 is 64.0. The van der Waals surface area contributed by atoms with Gasteiger partial charge in [0.05, 0.1) is 34.0 Å². The number of hydrogen-bond donors (Lipinski definition) is 4. The molecule has 2 atom stereocenters. The van der Waals surface area contributed by atoms with Crippen molar-refractivity contribution < 1.29 is 45.8 Å². The van der Waals surface area contributed by atoms with Crippen LogP contribution in [0.2, 0.25) is 0 Å². The molecule has 1 saturated carbocycles. The molecule has 0 saturated heterocycles. The Balaban J connectivity index is 0.000000654. The van der Waals surface area contributed by atoms with E-state index in [2.05, 4.69) is 20.6 Å². The standard InChI is InChI=1S/C32H33N5O6S.C2HF3O2/c1-18-12-20-4-9-25(18)19(2)16-43-32(40)36-22-6-11-28(44(41,42)24-7-8-24)21(13-22)15-37(3)31(39)29(20)35-23-5-10-27-26(14-23)30(38)34-17-33-27;3-2(4,5)1(6)7/h4-6,9-14,17,19,24,29,35H,7-8,15-16H2,1-3H3,(H,36,40)(H,33,34,38);(H,6,7)/t19-,29+;/m0./s1. The van der Waals surface area contributed by atoms with E-state index in [0.29, 0.717) is 46.2 Å². The molecule has 270 valence electrons. The Bertz CT molecular complexity index is 2170. The molecular formula is C34H34F3N5O8S. The summed E-state index contributed by atoms with van der Waals surface area (Å²) in [5, 5.41) is 13.1. The minimum Gasteiger partial charge on any atom is -0.475 e. The lowest BCUT2D eigenvalue weighted by atomic mass is 9.93. The normalized spacial score (nSPS) is 18.4. The number of fused-ring (bicyclic) bond motifs is 10. The van der Waals surface area contributed by atoms with Crippen molar-refractivity contribution in [2.75, 3.05) is 24.3 Å². The van der Waals surface area contributed by atoms with E-state index >= 15 is 0 Å². The van der Waals surface area contributed by atoms with Crippen molar-refractivity contribution in [2.24, 2.45) is 0 Å². The number of hydrogen-bond acceptors (Lipinski definition) is 9. The van der Waals surface area contributed by atoms with Crippen molar-refractivity contribution in [2.45, 2.75) is 61.5 Å². The number of amides is 2. The molecule has 3 aliphatic rings. The van der Waals surface area contributed by atoms with Gasteiger partial charge in [-0.1, -0.05) is 25.1 Å². The lowest BCUT2D eigenvalue weighted by Crippen LogP contribution is -2.35. The molecule has 3 heterocycles. The third-order valence-electron chi connectivity index (χ3n) is 8.42. The van der Waals surface area contributed by atoms with Crippen molar-refractivity contribution in [3.8, 4) is 0 Å². The summed E-state index contributed by atoms with van der Waals surface area (Å²) in [6.07, 6.45) is -3.22. The largest absolute Gasteiger partial charge is 0.490 e. The molecule has 1 aromatic heterocycles. The van der Waals surface area contributed by atoms with E-state index in [1.807, 2.05) is 32.0 Å². The van der Waals surface area contributed by atoms with Gasteiger partial charge in [0.2, 0.25) is 5.91 Å². The van der Waals surface area contributed by atoms with Crippen molar-refractivity contribution in [3.05, 3.63) is 93.5 Å². The van der Waals surface area contributed by atoms with E-state index in [0.717, 1.165) is 11.1 Å². The van der Waals surface area contributed by atoms with E-state index in [9.17, 15) is 36.0 Å². The molecule has 13 nitrogen and oxygen atoms in total. The van der Waals surface area contributed by atoms with E-state index in [1.165, 1.54) is 23.4 Å². The number of halogens is 3. The summed E-state index contributed by atoms with van der Waals surface area (Å²) in [6.45, 7) is 3.97. The zero-order valence-corrected chi connectivity index (χ0v) is 28.4. The van der Waals surface area contributed by atoms with Crippen molar-refractivity contribution >= 4 is 50.1 Å². The topological polar surface area (TPSA) is 188 Å². The number of rotatable bonds is 4. The third-order valence-corrected chi connectivity index (χ3v) is 10.8. The molecule has 17 heteroatoms. The molecule has 4 aromatic rings. The number of alkyl halides is 3. The van der Waals surface area contributed by atoms with Crippen molar-refractivity contribution in [1.29, 1.82) is 0 Å². The average Bonchev–Trinajstić information content (AvgIpc) is 3.92. The number of nitrogens with zero attached hydrogens (tertiary/aromatic N) is 2. The number of aryl methyl sites for hydroxylation is 1. The van der Waals surface area contributed by atoms with E-state index in [4.69, 9.17) is 14.6 Å². The molecule has 0 unspecified atom stereocenters. The summed E-state index contributed by atoms with van der Waals surface area (Å²) in [5.74, 6) is -3.20. The fourth-order valence-corrected chi connectivity index (χ4v) is 7.52. The first-order chi connectivity index (χ1) is 23.9. The Hall–Kier alpha value is -5.45. The Morgan fingerprint density at radius 3 is 2.41 bits per heavy atom. The number of anilines is 2. The van der Waals surface area contributed by atoms with Crippen LogP contribution < -0.4 is 16.2 Å². The highest BCUT2D eigenvalue weighted by Gasteiger charge is 2.39. The number of carboxylic acid groups (broad SMARTS) is 1. The maximum absolute atomic E-state index is 14.2. The second-order valence-corrected chi connectivity index (χ2v) is 14.5. The van der Waals surface area contributed by atoms with Gasteiger partial charge in [0.1, 0.15) is 6.04 Å². The number of nitrogens with one attached hydrogen (secondary N) is 3. The zero-order chi connectivity index (χ0) is 37.2. The van der Waals surface area contributed by atoms with E-state index in [1.54, 1.807) is 31.3 Å². The Kier molecular flexibility index (Phi) is 10.4. The number of likely N-dealkylation sites (N-methyl/N-ethyl adjacent to an activating group) is 1. The second-order valence-electron chi connectivity index (χ2n) is 12.3. The first-order valence-corrected chi connectivity index (χ1v) is 17.2. The van der Waals surface area contributed by atoms with Crippen LogP contribution in [-0.2, 0) is 30.7 Å². The molecule has 4 bridgehead atoms. The van der Waals surface area contributed by atoms with Crippen LogP contribution in [0.25, 0.3) is 10.9 Å². The van der Waals surface area contributed by atoms with E-state index < -0.39 is 39.4 Å². The fourth-order valence-electron chi connectivity index (χ4n) is 5.66. The highest BCUT2D eigenvalue weighted by molar-refractivity contribution is 7.92. The minimum atomic E-state index is -5.08. The van der Waals surface area contributed by atoms with Gasteiger partial charge in [0.15, 0.2) is 9.84 Å². The molecule has 1 fully saturated rings. The average molecular weight is 730 g/mol. The first kappa shape index (κ1) is 36.8. The fraction of sp³-hybridized carbons (Fsp3) is 0.324. The number of benzene rings is 3. The maximum Gasteiger partial charge on any atom is 0.490 e. The van der Waals surface area contributed by atoms with Gasteiger partial charge in [0.25, 0.3) is 5.56 Å². The molecule has 3 aromatic carbocycles. The van der Waals surface area contributed by atoms with Gasteiger partial charge in [-0.2, -0.15) is 13.2 Å². The number of aromatic amines is 1. The van der Waals surface area contributed by atoms with Gasteiger partial charge < -0.3 is 25.0 Å². The summed E-state index contributed by atoms with van der Waals surface area (Å²) in [4.78, 5) is 56.6. The summed E-state index contributed by atoms with van der Waals surface area (Å²) in [5.41, 5.74) is 4.08. The zero-order valence-electron chi connectivity index (χ0n) is 27.6. The summed E-state index contributed by atoms with van der Waals surface area (Å²) in [7, 11) is -2.00. The lowest BCUT2D eigenvalue weighted by Gasteiger charge is -2.28. The highest BCUT2D eigenvalue weighted by atomic mass is 32.2. The Morgan fingerprint density at radius 2 is 1.76 bits per heavy atom. The van der Waals surface area contributed by atoms with Crippen LogP contribution in [0.1, 0.15) is 54.0 Å².